The summed E-state index contributed by atoms with van der Waals surface area (Å²) in [6.07, 6.45) is 1.95. The lowest BCUT2D eigenvalue weighted by molar-refractivity contribution is -0.136. The quantitative estimate of drug-likeness (QED) is 0.475. The summed E-state index contributed by atoms with van der Waals surface area (Å²) >= 11 is 1.74. The summed E-state index contributed by atoms with van der Waals surface area (Å²) in [6, 6.07) is 10.2. The molecule has 0 saturated heterocycles. The zero-order valence-corrected chi connectivity index (χ0v) is 20.7. The molecular formula is C26H36N2O4S. The molecule has 0 saturated carbocycles. The largest absolute Gasteiger partial charge is 0.491 e. The molecule has 0 bridgehead atoms. The highest BCUT2D eigenvalue weighted by atomic mass is 32.1. The van der Waals surface area contributed by atoms with Gasteiger partial charge < -0.3 is 19.5 Å². The highest BCUT2D eigenvalue weighted by Gasteiger charge is 2.33. The van der Waals surface area contributed by atoms with Crippen LogP contribution in [0, 0.1) is 0 Å². The van der Waals surface area contributed by atoms with Crippen molar-refractivity contribution in [2.75, 3.05) is 46.5 Å². The highest BCUT2D eigenvalue weighted by molar-refractivity contribution is 7.10. The fraction of sp³-hybridized carbons (Fsp3) is 0.500. The third-order valence-corrected chi connectivity index (χ3v) is 6.94. The van der Waals surface area contributed by atoms with Gasteiger partial charge in [-0.3, -0.25) is 9.69 Å². The molecule has 1 aliphatic rings. The topological polar surface area (TPSA) is 62.2 Å². The molecule has 33 heavy (non-hydrogen) atoms. The Labute approximate surface area is 201 Å². The number of hydrogen-bond donors (Lipinski definition) is 1. The standard InChI is InChI=1S/C26H36N2O4S/c1-5-12-27(15-21(29)17-31-4)16-26(30)28-13-10-25-23(11-14-33-25)24(28)18-32-22-8-6-20(7-9-22)19(2)3/h5-9,11,14,19,21,24,29H,1,10,12-13,15-18H2,2-4H3. The lowest BCUT2D eigenvalue weighted by Crippen LogP contribution is -2.48. The van der Waals surface area contributed by atoms with E-state index in [0.29, 0.717) is 32.2 Å². The van der Waals surface area contributed by atoms with Crippen LogP contribution in [-0.2, 0) is 16.0 Å². The van der Waals surface area contributed by atoms with Gasteiger partial charge >= 0.3 is 0 Å². The molecule has 2 heterocycles. The van der Waals surface area contributed by atoms with E-state index in [9.17, 15) is 9.90 Å². The molecule has 2 atom stereocenters. The molecule has 1 amide bonds. The Morgan fingerprint density at radius 2 is 2.09 bits per heavy atom. The molecule has 0 radical (unpaired) electrons. The first-order valence-electron chi connectivity index (χ1n) is 11.5. The molecule has 2 aromatic rings. The van der Waals surface area contributed by atoms with E-state index in [4.69, 9.17) is 9.47 Å². The van der Waals surface area contributed by atoms with Gasteiger partial charge in [0.05, 0.1) is 25.3 Å². The summed E-state index contributed by atoms with van der Waals surface area (Å²) < 4.78 is 11.2. The summed E-state index contributed by atoms with van der Waals surface area (Å²) in [5.41, 5.74) is 2.45. The average molecular weight is 473 g/mol. The van der Waals surface area contributed by atoms with Crippen LogP contribution >= 0.6 is 11.3 Å². The van der Waals surface area contributed by atoms with Crippen LogP contribution in [0.25, 0.3) is 0 Å². The molecule has 0 aliphatic carbocycles. The molecule has 3 rings (SSSR count). The van der Waals surface area contributed by atoms with Crippen molar-refractivity contribution in [3.63, 3.8) is 0 Å². The van der Waals surface area contributed by atoms with Crippen molar-refractivity contribution in [1.29, 1.82) is 0 Å². The van der Waals surface area contributed by atoms with Gasteiger partial charge in [-0.15, -0.1) is 17.9 Å². The van der Waals surface area contributed by atoms with Crippen molar-refractivity contribution in [3.05, 3.63) is 64.4 Å². The van der Waals surface area contributed by atoms with Crippen molar-refractivity contribution in [3.8, 4) is 5.75 Å². The summed E-state index contributed by atoms with van der Waals surface area (Å²) in [5.74, 6) is 1.31. The van der Waals surface area contributed by atoms with Crippen molar-refractivity contribution in [2.45, 2.75) is 38.3 Å². The van der Waals surface area contributed by atoms with E-state index in [0.717, 1.165) is 12.2 Å². The number of benzene rings is 1. The second-order valence-electron chi connectivity index (χ2n) is 8.78. The molecule has 0 spiro atoms. The number of rotatable bonds is 12. The molecule has 1 aromatic heterocycles. The third kappa shape index (κ3) is 6.90. The number of fused-ring (bicyclic) bond motifs is 1. The number of aliphatic hydroxyl groups excluding tert-OH is 1. The summed E-state index contributed by atoms with van der Waals surface area (Å²) in [7, 11) is 1.55. The monoisotopic (exact) mass is 472 g/mol. The number of thiophene rings is 1. The molecule has 2 unspecified atom stereocenters. The first kappa shape index (κ1) is 25.4. The minimum Gasteiger partial charge on any atom is -0.491 e. The Morgan fingerprint density at radius 3 is 2.76 bits per heavy atom. The van der Waals surface area contributed by atoms with Crippen molar-refractivity contribution >= 4 is 17.2 Å². The van der Waals surface area contributed by atoms with E-state index < -0.39 is 6.10 Å². The predicted octanol–water partition coefficient (Wildman–Crippen LogP) is 3.87. The van der Waals surface area contributed by atoms with E-state index in [2.05, 4.69) is 44.0 Å². The molecular weight excluding hydrogens is 436 g/mol. The number of methoxy groups -OCH3 is 1. The molecule has 1 aromatic carbocycles. The molecule has 6 nitrogen and oxygen atoms in total. The maximum atomic E-state index is 13.4. The first-order valence-corrected chi connectivity index (χ1v) is 12.4. The van der Waals surface area contributed by atoms with Gasteiger partial charge in [-0.25, -0.2) is 0 Å². The van der Waals surface area contributed by atoms with Gasteiger partial charge in [0.1, 0.15) is 12.4 Å². The number of amides is 1. The maximum absolute atomic E-state index is 13.4. The SMILES string of the molecule is C=CCN(CC(=O)N1CCc2sccc2C1COc1ccc(C(C)C)cc1)CC(O)COC. The van der Waals surface area contributed by atoms with E-state index >= 15 is 0 Å². The van der Waals surface area contributed by atoms with Crippen LogP contribution in [0.3, 0.4) is 0 Å². The van der Waals surface area contributed by atoms with Crippen LogP contribution in [0.2, 0.25) is 0 Å². The number of hydrogen-bond acceptors (Lipinski definition) is 6. The van der Waals surface area contributed by atoms with Gasteiger partial charge in [-0.2, -0.15) is 0 Å². The number of nitrogens with zero attached hydrogens (tertiary/aromatic N) is 2. The third-order valence-electron chi connectivity index (χ3n) is 5.94. The van der Waals surface area contributed by atoms with Crippen molar-refractivity contribution in [1.82, 2.24) is 9.80 Å². The fourth-order valence-electron chi connectivity index (χ4n) is 4.21. The van der Waals surface area contributed by atoms with Crippen LogP contribution in [-0.4, -0.2) is 73.4 Å². The second-order valence-corrected chi connectivity index (χ2v) is 9.78. The zero-order valence-electron chi connectivity index (χ0n) is 19.9. The van der Waals surface area contributed by atoms with Crippen LogP contribution in [0.5, 0.6) is 5.75 Å². The second kappa shape index (κ2) is 12.3. The van der Waals surface area contributed by atoms with E-state index in [1.54, 1.807) is 24.5 Å². The van der Waals surface area contributed by atoms with E-state index in [-0.39, 0.29) is 25.1 Å². The Hall–Kier alpha value is -2.19. The maximum Gasteiger partial charge on any atom is 0.237 e. The number of ether oxygens (including phenoxy) is 2. The first-order chi connectivity index (χ1) is 15.9. The van der Waals surface area contributed by atoms with E-state index in [1.807, 2.05) is 21.9 Å². The van der Waals surface area contributed by atoms with Crippen LogP contribution in [0.1, 0.15) is 41.8 Å². The summed E-state index contributed by atoms with van der Waals surface area (Å²) in [4.78, 5) is 18.5. The van der Waals surface area contributed by atoms with Gasteiger partial charge in [0.25, 0.3) is 0 Å². The highest BCUT2D eigenvalue weighted by Crippen LogP contribution is 2.34. The summed E-state index contributed by atoms with van der Waals surface area (Å²) in [5, 5.41) is 12.2. The minimum atomic E-state index is -0.652. The lowest BCUT2D eigenvalue weighted by atomic mass is 10.00. The van der Waals surface area contributed by atoms with Gasteiger partial charge in [0.2, 0.25) is 5.91 Å². The van der Waals surface area contributed by atoms with Crippen LogP contribution in [0.15, 0.2) is 48.4 Å². The fourth-order valence-corrected chi connectivity index (χ4v) is 5.14. The van der Waals surface area contributed by atoms with Gasteiger partial charge in [0, 0.05) is 31.6 Å². The normalized spacial score (nSPS) is 16.7. The van der Waals surface area contributed by atoms with E-state index in [1.165, 1.54) is 16.0 Å². The Bertz CT molecular complexity index is 896. The molecule has 7 heteroatoms. The van der Waals surface area contributed by atoms with Crippen LogP contribution < -0.4 is 4.74 Å². The minimum absolute atomic E-state index is 0.0297. The Morgan fingerprint density at radius 1 is 1.33 bits per heavy atom. The molecule has 1 aliphatic heterocycles. The zero-order chi connectivity index (χ0) is 23.8. The Kier molecular flexibility index (Phi) is 9.50. The average Bonchev–Trinajstić information content (AvgIpc) is 3.27. The smallest absolute Gasteiger partial charge is 0.237 e. The molecule has 1 N–H and O–H groups in total. The lowest BCUT2D eigenvalue weighted by Gasteiger charge is -2.37. The number of carbonyl (C=O) groups excluding carboxylic acids is 1. The van der Waals surface area contributed by atoms with Gasteiger partial charge in [-0.05, 0) is 47.0 Å². The van der Waals surface area contributed by atoms with Gasteiger partial charge in [-0.1, -0.05) is 32.1 Å². The van der Waals surface area contributed by atoms with Crippen molar-refractivity contribution < 1.29 is 19.4 Å². The summed E-state index contributed by atoms with van der Waals surface area (Å²) in [6.45, 7) is 10.5. The Balaban J connectivity index is 1.70. The molecule has 180 valence electrons. The molecule has 0 fully saturated rings. The van der Waals surface area contributed by atoms with Gasteiger partial charge in [0.15, 0.2) is 0 Å². The van der Waals surface area contributed by atoms with Crippen molar-refractivity contribution in [2.24, 2.45) is 0 Å². The van der Waals surface area contributed by atoms with Crippen LogP contribution in [0.4, 0.5) is 0 Å². The number of carbonyl (C=O) groups is 1. The number of aliphatic hydroxyl groups is 1. The predicted molar refractivity (Wildman–Crippen MR) is 133 cm³/mol.